The lowest BCUT2D eigenvalue weighted by Crippen LogP contribution is -2.34. The van der Waals surface area contributed by atoms with Gasteiger partial charge in [-0.25, -0.2) is 5.43 Å². The van der Waals surface area contributed by atoms with Crippen molar-refractivity contribution >= 4 is 39.8 Å². The van der Waals surface area contributed by atoms with Crippen molar-refractivity contribution in [3.05, 3.63) is 76.8 Å². The molecule has 0 aliphatic rings. The Morgan fingerprint density at radius 3 is 2.67 bits per heavy atom. The van der Waals surface area contributed by atoms with Crippen LogP contribution in [-0.2, 0) is 4.79 Å². The number of rotatable bonds is 9. The van der Waals surface area contributed by atoms with Crippen LogP contribution in [0.1, 0.15) is 5.56 Å². The van der Waals surface area contributed by atoms with Gasteiger partial charge in [0.2, 0.25) is 0 Å². The number of benzene rings is 3. The molecule has 0 radical (unpaired) electrons. The fourth-order valence-electron chi connectivity index (χ4n) is 3.34. The number of halogens is 1. The molecule has 0 unspecified atom stereocenters. The monoisotopic (exact) mass is 567 g/mol. The second kappa shape index (κ2) is 11.7. The molecule has 0 fully saturated rings. The third-order valence-corrected chi connectivity index (χ3v) is 6.47. The van der Waals surface area contributed by atoms with Crippen LogP contribution in [0.2, 0.25) is 0 Å². The molecule has 1 amide bonds. The quantitative estimate of drug-likeness (QED) is 0.138. The van der Waals surface area contributed by atoms with E-state index in [0.717, 1.165) is 15.7 Å². The van der Waals surface area contributed by atoms with Gasteiger partial charge in [-0.05, 0) is 59.8 Å². The predicted octanol–water partition coefficient (Wildman–Crippen LogP) is 3.45. The number of H-pyrrole nitrogens is 1. The number of para-hydroxylation sites is 1. The van der Waals surface area contributed by atoms with Gasteiger partial charge in [0.15, 0.2) is 11.5 Å². The first-order chi connectivity index (χ1) is 17.5. The van der Waals surface area contributed by atoms with Crippen LogP contribution in [0.5, 0.6) is 17.2 Å². The summed E-state index contributed by atoms with van der Waals surface area (Å²) in [5.41, 5.74) is 4.51. The number of nitrogens with one attached hydrogen (secondary N) is 2. The number of hydrazone groups is 1. The largest absolute Gasteiger partial charge is 0.872 e. The van der Waals surface area contributed by atoms with Crippen molar-refractivity contribution in [2.45, 2.75) is 5.16 Å². The van der Waals surface area contributed by atoms with Crippen LogP contribution >= 0.6 is 27.7 Å². The minimum absolute atomic E-state index is 0.0586. The van der Waals surface area contributed by atoms with Gasteiger partial charge in [0.1, 0.15) is 5.69 Å². The zero-order chi connectivity index (χ0) is 25.5. The first kappa shape index (κ1) is 25.3. The summed E-state index contributed by atoms with van der Waals surface area (Å²) in [5.74, 6) is 1.44. The highest BCUT2D eigenvalue weighted by Gasteiger charge is 2.25. The third kappa shape index (κ3) is 5.86. The second-order valence-corrected chi connectivity index (χ2v) is 9.22. The Balaban J connectivity index is 1.54. The zero-order valence-electron chi connectivity index (χ0n) is 19.4. The lowest BCUT2D eigenvalue weighted by molar-refractivity contribution is -0.625. The lowest BCUT2D eigenvalue weighted by Gasteiger charge is -2.09. The first-order valence-corrected chi connectivity index (χ1v) is 12.5. The van der Waals surface area contributed by atoms with E-state index in [4.69, 9.17) is 9.47 Å². The number of thioether (sulfide) groups is 1. The van der Waals surface area contributed by atoms with Crippen LogP contribution in [0.3, 0.4) is 0 Å². The van der Waals surface area contributed by atoms with Crippen molar-refractivity contribution in [3.63, 3.8) is 0 Å². The van der Waals surface area contributed by atoms with Crippen molar-refractivity contribution in [3.8, 4) is 34.3 Å². The van der Waals surface area contributed by atoms with Crippen LogP contribution in [-0.4, -0.2) is 42.3 Å². The Hall–Kier alpha value is -3.83. The molecular weight excluding hydrogens is 546 g/mol. The van der Waals surface area contributed by atoms with Gasteiger partial charge in [-0.15, -0.1) is 5.10 Å². The maximum absolute atomic E-state index is 12.4. The molecule has 1 aromatic heterocycles. The topological polar surface area (TPSA) is 116 Å². The summed E-state index contributed by atoms with van der Waals surface area (Å²) in [5, 5.41) is 23.9. The zero-order valence-corrected chi connectivity index (χ0v) is 21.8. The highest BCUT2D eigenvalue weighted by Crippen LogP contribution is 2.31. The van der Waals surface area contributed by atoms with Crippen LogP contribution in [0, 0.1) is 0 Å². The van der Waals surface area contributed by atoms with E-state index < -0.39 is 0 Å². The molecule has 11 heteroatoms. The van der Waals surface area contributed by atoms with Crippen molar-refractivity contribution in [1.82, 2.24) is 15.6 Å². The van der Waals surface area contributed by atoms with Gasteiger partial charge >= 0.3 is 5.16 Å². The summed E-state index contributed by atoms with van der Waals surface area (Å²) in [7, 11) is 3.16. The number of aromatic nitrogens is 3. The Kier molecular flexibility index (Phi) is 8.24. The molecule has 0 spiro atoms. The molecule has 0 atom stereocenters. The first-order valence-electron chi connectivity index (χ1n) is 10.7. The number of hydrogen-bond donors (Lipinski definition) is 2. The molecule has 0 saturated heterocycles. The fraction of sp³-hybridized carbons (Fsp3) is 0.120. The maximum atomic E-state index is 12.4. The molecule has 36 heavy (non-hydrogen) atoms. The van der Waals surface area contributed by atoms with E-state index in [1.54, 1.807) is 26.4 Å². The molecule has 4 rings (SSSR count). The Morgan fingerprint density at radius 1 is 1.14 bits per heavy atom. The average molecular weight is 568 g/mol. The summed E-state index contributed by atoms with van der Waals surface area (Å²) in [6, 6.07) is 20.0. The van der Waals surface area contributed by atoms with E-state index in [1.165, 1.54) is 24.0 Å². The molecule has 0 aliphatic carbocycles. The smallest absolute Gasteiger partial charge is 0.342 e. The van der Waals surface area contributed by atoms with Gasteiger partial charge in [0, 0.05) is 4.47 Å². The van der Waals surface area contributed by atoms with E-state index >= 15 is 0 Å². The lowest BCUT2D eigenvalue weighted by atomic mass is 10.2. The van der Waals surface area contributed by atoms with Gasteiger partial charge < -0.3 is 14.6 Å². The molecule has 0 saturated carbocycles. The number of methoxy groups -OCH3 is 2. The second-order valence-electron chi connectivity index (χ2n) is 7.36. The average Bonchev–Trinajstić information content (AvgIpc) is 3.33. The number of aromatic amines is 1. The standard InChI is InChI=1S/C25H22BrN5O4S/c1-34-21-11-8-16(13-22(21)35-2)24-29-30-25(31(24)19-6-4-3-5-7-19)36-15-23(33)28-27-14-17-12-18(26)9-10-20(17)32/h3-14H,15H2,1-2H3,(H2,27,28,32,33). The number of carbonyl (C=O) groups excluding carboxylic acids is 1. The molecular formula is C25H22BrN5O4S. The van der Waals surface area contributed by atoms with Crippen molar-refractivity contribution in [2.24, 2.45) is 5.10 Å². The van der Waals surface area contributed by atoms with E-state index in [9.17, 15) is 9.90 Å². The third-order valence-electron chi connectivity index (χ3n) is 5.04. The Labute approximate surface area is 220 Å². The van der Waals surface area contributed by atoms with Crippen molar-refractivity contribution < 1.29 is 23.9 Å². The fourth-order valence-corrected chi connectivity index (χ4v) is 4.48. The van der Waals surface area contributed by atoms with E-state index in [-0.39, 0.29) is 17.4 Å². The number of hydrogen-bond acceptors (Lipinski definition) is 7. The maximum Gasteiger partial charge on any atom is 0.342 e. The number of ether oxygens (including phenoxy) is 2. The van der Waals surface area contributed by atoms with Gasteiger partial charge in [-0.1, -0.05) is 45.9 Å². The Morgan fingerprint density at radius 2 is 1.92 bits per heavy atom. The van der Waals surface area contributed by atoms with Crippen LogP contribution < -0.4 is 24.6 Å². The van der Waals surface area contributed by atoms with Gasteiger partial charge in [0.25, 0.3) is 11.7 Å². The minimum Gasteiger partial charge on any atom is -0.872 e. The SMILES string of the molecule is COc1ccc(-c2[nH]nc(SCC(=O)NN=Cc3cc(Br)ccc3[O-])[n+]2-c2ccccc2)cc1OC. The summed E-state index contributed by atoms with van der Waals surface area (Å²) < 4.78 is 13.5. The summed E-state index contributed by atoms with van der Waals surface area (Å²) in [6.45, 7) is 0. The van der Waals surface area contributed by atoms with Crippen LogP contribution in [0.15, 0.2) is 81.5 Å². The van der Waals surface area contributed by atoms with Gasteiger partial charge in [-0.3, -0.25) is 4.79 Å². The van der Waals surface area contributed by atoms with E-state index in [1.807, 2.05) is 53.1 Å². The number of nitrogens with zero attached hydrogens (tertiary/aromatic N) is 3. The van der Waals surface area contributed by atoms with Gasteiger partial charge in [-0.2, -0.15) is 9.67 Å². The molecule has 0 aliphatic heterocycles. The highest BCUT2D eigenvalue weighted by atomic mass is 79.9. The van der Waals surface area contributed by atoms with Crippen molar-refractivity contribution in [1.29, 1.82) is 0 Å². The molecule has 9 nitrogen and oxygen atoms in total. The molecule has 1 heterocycles. The molecule has 4 aromatic rings. The molecule has 184 valence electrons. The Bertz CT molecular complexity index is 1390. The van der Waals surface area contributed by atoms with Gasteiger partial charge in [0.05, 0.1) is 36.8 Å². The summed E-state index contributed by atoms with van der Waals surface area (Å²) >= 11 is 4.56. The molecule has 2 N–H and O–H groups in total. The highest BCUT2D eigenvalue weighted by molar-refractivity contribution is 9.10. The predicted molar refractivity (Wildman–Crippen MR) is 139 cm³/mol. The molecule has 3 aromatic carbocycles. The molecule has 0 bridgehead atoms. The number of carbonyl (C=O) groups is 1. The van der Waals surface area contributed by atoms with Crippen LogP contribution in [0.4, 0.5) is 0 Å². The summed E-state index contributed by atoms with van der Waals surface area (Å²) in [4.78, 5) is 12.4. The van der Waals surface area contributed by atoms with E-state index in [2.05, 4.69) is 36.7 Å². The summed E-state index contributed by atoms with van der Waals surface area (Å²) in [6.07, 6.45) is 1.32. The van der Waals surface area contributed by atoms with Crippen molar-refractivity contribution in [2.75, 3.05) is 20.0 Å². The van der Waals surface area contributed by atoms with Crippen LogP contribution in [0.25, 0.3) is 17.1 Å². The van der Waals surface area contributed by atoms with E-state index in [0.29, 0.717) is 28.0 Å². The normalized spacial score (nSPS) is 11.0. The minimum atomic E-state index is -0.339. The number of amides is 1.